The molecule has 16 heavy (non-hydrogen) atoms. The lowest BCUT2D eigenvalue weighted by atomic mass is 10.1. The average molecular weight is 233 g/mol. The number of halogens is 1. The van der Waals surface area contributed by atoms with Crippen LogP contribution in [0.2, 0.25) is 5.15 Å². The van der Waals surface area contributed by atoms with Crippen LogP contribution in [0, 0.1) is 13.8 Å². The first-order chi connectivity index (χ1) is 7.63. The van der Waals surface area contributed by atoms with Crippen molar-refractivity contribution < 1.29 is 0 Å². The van der Waals surface area contributed by atoms with E-state index in [0.29, 0.717) is 5.15 Å². The molecule has 3 heteroatoms. The van der Waals surface area contributed by atoms with Crippen LogP contribution in [0.25, 0.3) is 0 Å². The Morgan fingerprint density at radius 1 is 1.00 bits per heavy atom. The molecule has 1 aromatic heterocycles. The fraction of sp³-hybridized carbons (Fsp3) is 0.154. The van der Waals surface area contributed by atoms with E-state index in [9.17, 15) is 0 Å². The maximum absolute atomic E-state index is 5.82. The first kappa shape index (κ1) is 11.0. The summed E-state index contributed by atoms with van der Waals surface area (Å²) >= 11 is 5.82. The van der Waals surface area contributed by atoms with Gasteiger partial charge >= 0.3 is 0 Å². The third-order valence-corrected chi connectivity index (χ3v) is 2.44. The lowest BCUT2D eigenvalue weighted by Gasteiger charge is -2.08. The first-order valence-electron chi connectivity index (χ1n) is 5.10. The van der Waals surface area contributed by atoms with Crippen molar-refractivity contribution >= 4 is 23.0 Å². The number of aromatic nitrogens is 1. The van der Waals surface area contributed by atoms with Crippen molar-refractivity contribution in [3.63, 3.8) is 0 Å². The van der Waals surface area contributed by atoms with Gasteiger partial charge in [0.1, 0.15) is 5.15 Å². The third-order valence-electron chi connectivity index (χ3n) is 2.24. The molecule has 0 saturated carbocycles. The monoisotopic (exact) mass is 232 g/mol. The van der Waals surface area contributed by atoms with Gasteiger partial charge in [-0.25, -0.2) is 4.98 Å². The van der Waals surface area contributed by atoms with Gasteiger partial charge in [0.15, 0.2) is 0 Å². The second kappa shape index (κ2) is 4.54. The SMILES string of the molecule is Cc1cc(C)cc(Nc2ccnc(Cl)c2)c1. The molecule has 82 valence electrons. The minimum atomic E-state index is 0.495. The number of nitrogens with one attached hydrogen (secondary N) is 1. The molecule has 2 rings (SSSR count). The molecule has 0 aliphatic heterocycles. The number of rotatable bonds is 2. The van der Waals surface area contributed by atoms with Crippen LogP contribution in [0.15, 0.2) is 36.5 Å². The summed E-state index contributed by atoms with van der Waals surface area (Å²) in [5.74, 6) is 0. The fourth-order valence-electron chi connectivity index (χ4n) is 1.69. The fourth-order valence-corrected chi connectivity index (χ4v) is 1.87. The maximum Gasteiger partial charge on any atom is 0.131 e. The van der Waals surface area contributed by atoms with Gasteiger partial charge in [0, 0.05) is 17.6 Å². The Balaban J connectivity index is 2.27. The van der Waals surface area contributed by atoms with Crippen molar-refractivity contribution in [2.24, 2.45) is 0 Å². The summed E-state index contributed by atoms with van der Waals surface area (Å²) in [4.78, 5) is 3.94. The molecule has 0 atom stereocenters. The van der Waals surface area contributed by atoms with Crippen LogP contribution in [0.1, 0.15) is 11.1 Å². The highest BCUT2D eigenvalue weighted by Gasteiger charge is 1.98. The number of hydrogen-bond acceptors (Lipinski definition) is 2. The minimum absolute atomic E-state index is 0.495. The molecule has 0 unspecified atom stereocenters. The average Bonchev–Trinajstić information content (AvgIpc) is 2.15. The highest BCUT2D eigenvalue weighted by molar-refractivity contribution is 6.29. The molecule has 2 aromatic rings. The van der Waals surface area contributed by atoms with Gasteiger partial charge in [0.05, 0.1) is 0 Å². The van der Waals surface area contributed by atoms with E-state index in [2.05, 4.69) is 42.3 Å². The lowest BCUT2D eigenvalue weighted by molar-refractivity contribution is 1.32. The number of anilines is 2. The van der Waals surface area contributed by atoms with E-state index in [1.807, 2.05) is 6.07 Å². The third kappa shape index (κ3) is 2.74. The highest BCUT2D eigenvalue weighted by atomic mass is 35.5. The molecule has 0 radical (unpaired) electrons. The second-order valence-electron chi connectivity index (χ2n) is 3.87. The van der Waals surface area contributed by atoms with Crippen molar-refractivity contribution in [3.8, 4) is 0 Å². The zero-order valence-corrected chi connectivity index (χ0v) is 10.0. The van der Waals surface area contributed by atoms with Crippen LogP contribution in [-0.4, -0.2) is 4.98 Å². The predicted molar refractivity (Wildman–Crippen MR) is 68.4 cm³/mol. The molecule has 0 fully saturated rings. The van der Waals surface area contributed by atoms with Gasteiger partial charge in [-0.05, 0) is 49.2 Å². The van der Waals surface area contributed by atoms with Crippen LogP contribution >= 0.6 is 11.6 Å². The van der Waals surface area contributed by atoms with Crippen molar-refractivity contribution in [1.82, 2.24) is 4.98 Å². The molecular weight excluding hydrogens is 220 g/mol. The van der Waals surface area contributed by atoms with Crippen molar-refractivity contribution in [1.29, 1.82) is 0 Å². The summed E-state index contributed by atoms with van der Waals surface area (Å²) in [6.07, 6.45) is 1.69. The number of pyridine rings is 1. The summed E-state index contributed by atoms with van der Waals surface area (Å²) in [6, 6.07) is 10.0. The summed E-state index contributed by atoms with van der Waals surface area (Å²) in [7, 11) is 0. The smallest absolute Gasteiger partial charge is 0.131 e. The van der Waals surface area contributed by atoms with Gasteiger partial charge in [-0.1, -0.05) is 17.7 Å². The van der Waals surface area contributed by atoms with E-state index < -0.39 is 0 Å². The van der Waals surface area contributed by atoms with E-state index in [0.717, 1.165) is 11.4 Å². The van der Waals surface area contributed by atoms with E-state index in [1.54, 1.807) is 12.3 Å². The van der Waals surface area contributed by atoms with Crippen LogP contribution < -0.4 is 5.32 Å². The molecule has 2 nitrogen and oxygen atoms in total. The van der Waals surface area contributed by atoms with E-state index in [1.165, 1.54) is 11.1 Å². The topological polar surface area (TPSA) is 24.9 Å². The van der Waals surface area contributed by atoms with Crippen LogP contribution in [0.5, 0.6) is 0 Å². The van der Waals surface area contributed by atoms with Crippen LogP contribution in [-0.2, 0) is 0 Å². The van der Waals surface area contributed by atoms with Crippen LogP contribution in [0.3, 0.4) is 0 Å². The lowest BCUT2D eigenvalue weighted by Crippen LogP contribution is -1.92. The van der Waals surface area contributed by atoms with Gasteiger partial charge in [0.2, 0.25) is 0 Å². The zero-order valence-electron chi connectivity index (χ0n) is 9.29. The molecule has 1 heterocycles. The Labute approximate surface area is 100 Å². The van der Waals surface area contributed by atoms with Gasteiger partial charge in [-0.2, -0.15) is 0 Å². The Bertz CT molecular complexity index is 489. The summed E-state index contributed by atoms with van der Waals surface area (Å²) < 4.78 is 0. The highest BCUT2D eigenvalue weighted by Crippen LogP contribution is 2.20. The van der Waals surface area contributed by atoms with Gasteiger partial charge < -0.3 is 5.32 Å². The Morgan fingerprint density at radius 2 is 1.69 bits per heavy atom. The van der Waals surface area contributed by atoms with Gasteiger partial charge in [0.25, 0.3) is 0 Å². The molecular formula is C13H13ClN2. The van der Waals surface area contributed by atoms with E-state index in [4.69, 9.17) is 11.6 Å². The van der Waals surface area contributed by atoms with Gasteiger partial charge in [-0.3, -0.25) is 0 Å². The van der Waals surface area contributed by atoms with Crippen LogP contribution in [0.4, 0.5) is 11.4 Å². The van der Waals surface area contributed by atoms with Crippen molar-refractivity contribution in [2.45, 2.75) is 13.8 Å². The number of aryl methyl sites for hydroxylation is 2. The zero-order chi connectivity index (χ0) is 11.5. The molecule has 0 spiro atoms. The molecule has 0 saturated heterocycles. The second-order valence-corrected chi connectivity index (χ2v) is 4.26. The largest absolute Gasteiger partial charge is 0.355 e. The summed E-state index contributed by atoms with van der Waals surface area (Å²) in [6.45, 7) is 4.16. The maximum atomic E-state index is 5.82. The summed E-state index contributed by atoms with van der Waals surface area (Å²) in [5.41, 5.74) is 4.50. The standard InChI is InChI=1S/C13H13ClN2/c1-9-5-10(2)7-12(6-9)16-11-3-4-15-13(14)8-11/h3-8H,1-2H3,(H,15,16). The Kier molecular flexibility index (Phi) is 3.11. The summed E-state index contributed by atoms with van der Waals surface area (Å²) in [5, 5.41) is 3.80. The number of hydrogen-bond donors (Lipinski definition) is 1. The molecule has 0 aliphatic carbocycles. The first-order valence-corrected chi connectivity index (χ1v) is 5.48. The van der Waals surface area contributed by atoms with Gasteiger partial charge in [-0.15, -0.1) is 0 Å². The number of nitrogens with zero attached hydrogens (tertiary/aromatic N) is 1. The molecule has 0 bridgehead atoms. The molecule has 1 aromatic carbocycles. The van der Waals surface area contributed by atoms with E-state index in [-0.39, 0.29) is 0 Å². The predicted octanol–water partition coefficient (Wildman–Crippen LogP) is 4.10. The van der Waals surface area contributed by atoms with E-state index >= 15 is 0 Å². The van der Waals surface area contributed by atoms with Crippen molar-refractivity contribution in [3.05, 3.63) is 52.8 Å². The Hall–Kier alpha value is -1.54. The number of benzene rings is 1. The molecule has 1 N–H and O–H groups in total. The minimum Gasteiger partial charge on any atom is -0.355 e. The van der Waals surface area contributed by atoms with Crippen molar-refractivity contribution in [2.75, 3.05) is 5.32 Å². The molecule has 0 aliphatic rings. The quantitative estimate of drug-likeness (QED) is 0.789. The molecule has 0 amide bonds. The Morgan fingerprint density at radius 3 is 2.31 bits per heavy atom. The normalized spacial score (nSPS) is 10.2.